The van der Waals surface area contributed by atoms with Crippen molar-refractivity contribution >= 4 is 12.0 Å². The lowest BCUT2D eigenvalue weighted by molar-refractivity contribution is -0.139. The van der Waals surface area contributed by atoms with Crippen molar-refractivity contribution in [2.75, 3.05) is 6.54 Å². The van der Waals surface area contributed by atoms with E-state index >= 15 is 0 Å². The Morgan fingerprint density at radius 2 is 1.95 bits per heavy atom. The largest absolute Gasteiger partial charge is 0.480 e. The third-order valence-corrected chi connectivity index (χ3v) is 3.42. The lowest BCUT2D eigenvalue weighted by Crippen LogP contribution is -2.46. The molecule has 108 valence electrons. The molecule has 0 bridgehead atoms. The Morgan fingerprint density at radius 1 is 1.25 bits per heavy atom. The summed E-state index contributed by atoms with van der Waals surface area (Å²) in [7, 11) is 0. The molecule has 1 aromatic carbocycles. The van der Waals surface area contributed by atoms with Crippen molar-refractivity contribution in [1.82, 2.24) is 10.6 Å². The van der Waals surface area contributed by atoms with E-state index in [9.17, 15) is 9.59 Å². The molecule has 2 rings (SSSR count). The molecule has 0 saturated heterocycles. The van der Waals surface area contributed by atoms with Crippen LogP contribution in [-0.4, -0.2) is 29.7 Å². The number of carboxylic acids is 1. The quantitative estimate of drug-likeness (QED) is 0.710. The fourth-order valence-corrected chi connectivity index (χ4v) is 1.98. The van der Waals surface area contributed by atoms with Crippen LogP contribution in [0.15, 0.2) is 30.3 Å². The first-order valence-electron chi connectivity index (χ1n) is 6.96. The molecular weight excluding hydrogens is 256 g/mol. The molecule has 0 aromatic heterocycles. The molecule has 1 fully saturated rings. The minimum Gasteiger partial charge on any atom is -0.480 e. The lowest BCUT2D eigenvalue weighted by atomic mass is 10.1. The predicted molar refractivity (Wildman–Crippen MR) is 75.4 cm³/mol. The normalized spacial score (nSPS) is 15.4. The molecule has 5 nitrogen and oxygen atoms in total. The van der Waals surface area contributed by atoms with Crippen molar-refractivity contribution in [1.29, 1.82) is 0 Å². The predicted octanol–water partition coefficient (Wildman–Crippen LogP) is 1.78. The van der Waals surface area contributed by atoms with E-state index in [1.807, 2.05) is 30.3 Å². The first-order valence-corrected chi connectivity index (χ1v) is 6.96. The zero-order valence-electron chi connectivity index (χ0n) is 11.3. The van der Waals surface area contributed by atoms with Gasteiger partial charge in [-0.15, -0.1) is 0 Å². The van der Waals surface area contributed by atoms with E-state index in [2.05, 4.69) is 10.6 Å². The van der Waals surface area contributed by atoms with Gasteiger partial charge in [0.05, 0.1) is 0 Å². The summed E-state index contributed by atoms with van der Waals surface area (Å²) in [4.78, 5) is 22.8. The van der Waals surface area contributed by atoms with E-state index < -0.39 is 18.0 Å². The van der Waals surface area contributed by atoms with Gasteiger partial charge in [-0.1, -0.05) is 30.3 Å². The number of nitrogens with one attached hydrogen (secondary N) is 2. The summed E-state index contributed by atoms with van der Waals surface area (Å²) in [5.74, 6) is -0.421. The summed E-state index contributed by atoms with van der Waals surface area (Å²) in [6.07, 6.45) is 3.31. The van der Waals surface area contributed by atoms with Crippen molar-refractivity contribution in [3.8, 4) is 0 Å². The van der Waals surface area contributed by atoms with Gasteiger partial charge in [-0.3, -0.25) is 0 Å². The van der Waals surface area contributed by atoms with Gasteiger partial charge in [0.2, 0.25) is 0 Å². The Hall–Kier alpha value is -2.04. The zero-order valence-corrected chi connectivity index (χ0v) is 11.3. The second-order valence-corrected chi connectivity index (χ2v) is 5.21. The van der Waals surface area contributed by atoms with Crippen LogP contribution in [0.4, 0.5) is 4.79 Å². The fourth-order valence-electron chi connectivity index (χ4n) is 1.98. The number of hydrogen-bond donors (Lipinski definition) is 3. The molecule has 3 N–H and O–H groups in total. The van der Waals surface area contributed by atoms with Gasteiger partial charge in [0, 0.05) is 6.54 Å². The maximum absolute atomic E-state index is 11.6. The van der Waals surface area contributed by atoms with Gasteiger partial charge in [-0.2, -0.15) is 0 Å². The van der Waals surface area contributed by atoms with Gasteiger partial charge in [0.25, 0.3) is 0 Å². The van der Waals surface area contributed by atoms with E-state index in [0.717, 1.165) is 18.4 Å². The van der Waals surface area contributed by atoms with Gasteiger partial charge >= 0.3 is 12.0 Å². The molecule has 1 aliphatic rings. The van der Waals surface area contributed by atoms with Crippen molar-refractivity contribution in [3.05, 3.63) is 35.9 Å². The average Bonchev–Trinajstić information content (AvgIpc) is 3.26. The standard InChI is InChI=1S/C15H20N2O3/c18-14(19)13(9-8-11-4-2-1-3-5-11)17-15(20)16-10-12-6-7-12/h1-5,12-13H,6-10H2,(H,18,19)(H2,16,17,20). The number of carboxylic acid groups (broad SMARTS) is 1. The molecule has 2 amide bonds. The van der Waals surface area contributed by atoms with Gasteiger partial charge in [-0.05, 0) is 37.2 Å². The third kappa shape index (κ3) is 4.91. The lowest BCUT2D eigenvalue weighted by Gasteiger charge is -2.15. The minimum absolute atomic E-state index is 0.385. The summed E-state index contributed by atoms with van der Waals surface area (Å²) in [5.41, 5.74) is 1.07. The molecule has 1 saturated carbocycles. The Morgan fingerprint density at radius 3 is 2.55 bits per heavy atom. The topological polar surface area (TPSA) is 78.4 Å². The van der Waals surface area contributed by atoms with Crippen LogP contribution in [0.2, 0.25) is 0 Å². The van der Waals surface area contributed by atoms with Gasteiger partial charge in [0.1, 0.15) is 6.04 Å². The highest BCUT2D eigenvalue weighted by Gasteiger charge is 2.23. The molecule has 1 aliphatic carbocycles. The van der Waals surface area contributed by atoms with Crippen LogP contribution in [0.25, 0.3) is 0 Å². The van der Waals surface area contributed by atoms with E-state index in [0.29, 0.717) is 25.3 Å². The molecule has 20 heavy (non-hydrogen) atoms. The van der Waals surface area contributed by atoms with Crippen molar-refractivity contribution in [2.45, 2.75) is 31.7 Å². The van der Waals surface area contributed by atoms with Crippen LogP contribution in [0.5, 0.6) is 0 Å². The maximum atomic E-state index is 11.6. The first-order chi connectivity index (χ1) is 9.65. The summed E-state index contributed by atoms with van der Waals surface area (Å²) in [6.45, 7) is 0.636. The highest BCUT2D eigenvalue weighted by molar-refractivity contribution is 5.82. The molecule has 1 unspecified atom stereocenters. The van der Waals surface area contributed by atoms with Crippen LogP contribution < -0.4 is 10.6 Å². The van der Waals surface area contributed by atoms with Crippen LogP contribution in [-0.2, 0) is 11.2 Å². The number of aliphatic carboxylic acids is 1. The maximum Gasteiger partial charge on any atom is 0.326 e. The molecule has 1 aromatic rings. The Bertz CT molecular complexity index is 457. The molecule has 0 heterocycles. The molecule has 5 heteroatoms. The number of urea groups is 1. The van der Waals surface area contributed by atoms with E-state index in [1.54, 1.807) is 0 Å². The number of benzene rings is 1. The molecule has 1 atom stereocenters. The monoisotopic (exact) mass is 276 g/mol. The van der Waals surface area contributed by atoms with Crippen LogP contribution >= 0.6 is 0 Å². The molecule has 0 radical (unpaired) electrons. The molecule has 0 aliphatic heterocycles. The van der Waals surface area contributed by atoms with Gasteiger partial charge in [-0.25, -0.2) is 9.59 Å². The van der Waals surface area contributed by atoms with Crippen molar-refractivity contribution in [2.24, 2.45) is 5.92 Å². The van der Waals surface area contributed by atoms with Crippen LogP contribution in [0, 0.1) is 5.92 Å². The number of aryl methyl sites for hydroxylation is 1. The average molecular weight is 276 g/mol. The van der Waals surface area contributed by atoms with Crippen LogP contribution in [0.1, 0.15) is 24.8 Å². The number of rotatable bonds is 7. The fraction of sp³-hybridized carbons (Fsp3) is 0.467. The number of hydrogen-bond acceptors (Lipinski definition) is 2. The number of amides is 2. The summed E-state index contributed by atoms with van der Waals surface area (Å²) < 4.78 is 0. The Kier molecular flexibility index (Phi) is 4.98. The smallest absolute Gasteiger partial charge is 0.326 e. The number of carbonyl (C=O) groups is 2. The summed E-state index contributed by atoms with van der Waals surface area (Å²) in [5, 5.41) is 14.4. The minimum atomic E-state index is -0.998. The summed E-state index contributed by atoms with van der Waals surface area (Å²) >= 11 is 0. The second-order valence-electron chi connectivity index (χ2n) is 5.21. The van der Waals surface area contributed by atoms with Crippen molar-refractivity contribution < 1.29 is 14.7 Å². The zero-order chi connectivity index (χ0) is 14.4. The second kappa shape index (κ2) is 6.93. The van der Waals surface area contributed by atoms with E-state index in [1.165, 1.54) is 0 Å². The Balaban J connectivity index is 1.77. The van der Waals surface area contributed by atoms with Crippen LogP contribution in [0.3, 0.4) is 0 Å². The Labute approximate surface area is 118 Å². The highest BCUT2D eigenvalue weighted by Crippen LogP contribution is 2.27. The van der Waals surface area contributed by atoms with Crippen molar-refractivity contribution in [3.63, 3.8) is 0 Å². The number of carbonyl (C=O) groups excluding carboxylic acids is 1. The van der Waals surface area contributed by atoms with Gasteiger partial charge < -0.3 is 15.7 Å². The van der Waals surface area contributed by atoms with E-state index in [4.69, 9.17) is 5.11 Å². The summed E-state index contributed by atoms with van der Waals surface area (Å²) in [6, 6.07) is 8.41. The molecular formula is C15H20N2O3. The van der Waals surface area contributed by atoms with Gasteiger partial charge in [0.15, 0.2) is 0 Å². The van der Waals surface area contributed by atoms with E-state index in [-0.39, 0.29) is 0 Å². The first kappa shape index (κ1) is 14.4. The SMILES string of the molecule is O=C(NCC1CC1)NC(CCc1ccccc1)C(=O)O. The molecule has 0 spiro atoms. The third-order valence-electron chi connectivity index (χ3n) is 3.42. The highest BCUT2D eigenvalue weighted by atomic mass is 16.4.